The number of carbonyl (C=O) groups is 2. The zero-order valence-corrected chi connectivity index (χ0v) is 26.0. The minimum atomic E-state index is -3.76. The molecule has 2 atom stereocenters. The molecule has 40 heavy (non-hydrogen) atoms. The van der Waals surface area contributed by atoms with E-state index in [1.54, 1.807) is 36.4 Å². The van der Waals surface area contributed by atoms with E-state index in [2.05, 4.69) is 55.3 Å². The molecule has 0 saturated carbocycles. The van der Waals surface area contributed by atoms with Crippen LogP contribution in [0.3, 0.4) is 0 Å². The van der Waals surface area contributed by atoms with Gasteiger partial charge in [0.05, 0.1) is 4.90 Å². The van der Waals surface area contributed by atoms with Crippen molar-refractivity contribution in [2.45, 2.75) is 96.9 Å². The number of nitrogens with one attached hydrogen (secondary N) is 4. The summed E-state index contributed by atoms with van der Waals surface area (Å²) in [4.78, 5) is 25.8. The lowest BCUT2D eigenvalue weighted by molar-refractivity contribution is -0.123. The number of hydrogen-bond donors (Lipinski definition) is 4. The summed E-state index contributed by atoms with van der Waals surface area (Å²) in [6.07, 6.45) is 4.85. The second-order valence-electron chi connectivity index (χ2n) is 11.9. The van der Waals surface area contributed by atoms with Gasteiger partial charge >= 0.3 is 6.03 Å². The Balaban J connectivity index is 1.98. The molecule has 4 N–H and O–H groups in total. The fraction of sp³-hybridized carbons (Fsp3) is 0.548. The lowest BCUT2D eigenvalue weighted by Gasteiger charge is -2.22. The Morgan fingerprint density at radius 1 is 0.900 bits per heavy atom. The van der Waals surface area contributed by atoms with Crippen molar-refractivity contribution in [3.63, 3.8) is 0 Å². The number of anilines is 2. The molecular formula is C31H48N4O4S. The number of benzene rings is 2. The number of hydrogen-bond acceptors (Lipinski definition) is 4. The highest BCUT2D eigenvalue weighted by molar-refractivity contribution is 7.92. The second-order valence-corrected chi connectivity index (χ2v) is 13.6. The summed E-state index contributed by atoms with van der Waals surface area (Å²) in [5, 5.41) is 8.56. The maximum Gasteiger partial charge on any atom is 0.319 e. The quantitative estimate of drug-likeness (QED) is 0.203. The maximum atomic E-state index is 12.9. The van der Waals surface area contributed by atoms with Gasteiger partial charge in [-0.05, 0) is 72.1 Å². The largest absolute Gasteiger partial charge is 0.354 e. The summed E-state index contributed by atoms with van der Waals surface area (Å²) in [5.41, 5.74) is 1.82. The molecule has 0 aromatic heterocycles. The van der Waals surface area contributed by atoms with Gasteiger partial charge in [0.25, 0.3) is 10.0 Å². The molecule has 3 amide bonds. The van der Waals surface area contributed by atoms with E-state index in [1.807, 2.05) is 26.0 Å². The van der Waals surface area contributed by atoms with Gasteiger partial charge in [-0.15, -0.1) is 0 Å². The third kappa shape index (κ3) is 10.8. The molecule has 0 aliphatic carbocycles. The van der Waals surface area contributed by atoms with Gasteiger partial charge in [-0.25, -0.2) is 13.2 Å². The van der Waals surface area contributed by atoms with Crippen LogP contribution in [0.5, 0.6) is 0 Å². The lowest BCUT2D eigenvalue weighted by Crippen LogP contribution is -2.49. The summed E-state index contributed by atoms with van der Waals surface area (Å²) in [5.74, 6) is 0.463. The van der Waals surface area contributed by atoms with Gasteiger partial charge in [0.2, 0.25) is 5.91 Å². The molecule has 2 aromatic rings. The highest BCUT2D eigenvalue weighted by atomic mass is 32.2. The summed E-state index contributed by atoms with van der Waals surface area (Å²) < 4.78 is 28.2. The minimum absolute atomic E-state index is 0.0736. The number of rotatable bonds is 14. The van der Waals surface area contributed by atoms with Crippen molar-refractivity contribution in [1.29, 1.82) is 0 Å². The molecule has 0 spiro atoms. The predicted molar refractivity (Wildman–Crippen MR) is 164 cm³/mol. The van der Waals surface area contributed by atoms with Crippen LogP contribution in [0.2, 0.25) is 0 Å². The van der Waals surface area contributed by atoms with E-state index in [1.165, 1.54) is 0 Å². The van der Waals surface area contributed by atoms with Crippen molar-refractivity contribution in [3.05, 3.63) is 54.1 Å². The number of sulfonamides is 1. The maximum absolute atomic E-state index is 12.9. The first-order chi connectivity index (χ1) is 18.7. The molecule has 2 rings (SSSR count). The van der Waals surface area contributed by atoms with Gasteiger partial charge in [-0.2, -0.15) is 0 Å². The summed E-state index contributed by atoms with van der Waals surface area (Å²) in [6.45, 7) is 15.1. The van der Waals surface area contributed by atoms with E-state index in [4.69, 9.17) is 0 Å². The third-order valence-corrected chi connectivity index (χ3v) is 8.26. The fourth-order valence-corrected chi connectivity index (χ4v) is 5.37. The molecule has 222 valence electrons. The molecule has 0 aliphatic rings. The molecule has 8 nitrogen and oxygen atoms in total. The average molecular weight is 573 g/mol. The summed E-state index contributed by atoms with van der Waals surface area (Å²) in [6, 6.07) is 12.1. The SMILES string of the molecule is CCCCC(CC)CNC(=O)[C@H](CC(C)C)NC(=O)Nc1ccc(NS(=O)(=O)c2ccc(C(C)(C)C)cc2)cc1. The van der Waals surface area contributed by atoms with Crippen LogP contribution >= 0.6 is 0 Å². The first-order valence-electron chi connectivity index (χ1n) is 14.3. The highest BCUT2D eigenvalue weighted by Gasteiger charge is 2.23. The van der Waals surface area contributed by atoms with Crippen LogP contribution in [0.4, 0.5) is 16.2 Å². The Bertz CT molecular complexity index is 1190. The zero-order valence-electron chi connectivity index (χ0n) is 25.1. The Morgan fingerprint density at radius 2 is 1.50 bits per heavy atom. The van der Waals surface area contributed by atoms with Crippen molar-refractivity contribution in [1.82, 2.24) is 10.6 Å². The molecule has 0 fully saturated rings. The number of urea groups is 1. The van der Waals surface area contributed by atoms with Crippen molar-refractivity contribution in [2.75, 3.05) is 16.6 Å². The first-order valence-corrected chi connectivity index (χ1v) is 15.8. The van der Waals surface area contributed by atoms with Crippen LogP contribution in [-0.2, 0) is 20.2 Å². The molecule has 2 aromatic carbocycles. The lowest BCUT2D eigenvalue weighted by atomic mass is 9.87. The van der Waals surface area contributed by atoms with Crippen LogP contribution in [0.1, 0.15) is 86.1 Å². The normalized spacial score (nSPS) is 13.4. The average Bonchev–Trinajstić information content (AvgIpc) is 2.88. The second kappa shape index (κ2) is 15.1. The van der Waals surface area contributed by atoms with Crippen LogP contribution in [0.15, 0.2) is 53.4 Å². The Kier molecular flexibility index (Phi) is 12.5. The van der Waals surface area contributed by atoms with Crippen LogP contribution in [-0.4, -0.2) is 32.9 Å². The monoisotopic (exact) mass is 572 g/mol. The van der Waals surface area contributed by atoms with Gasteiger partial charge in [0.15, 0.2) is 0 Å². The van der Waals surface area contributed by atoms with Gasteiger partial charge < -0.3 is 16.0 Å². The summed E-state index contributed by atoms with van der Waals surface area (Å²) >= 11 is 0. The van der Waals surface area contributed by atoms with Crippen molar-refractivity contribution in [3.8, 4) is 0 Å². The van der Waals surface area contributed by atoms with Crippen LogP contribution in [0, 0.1) is 11.8 Å². The molecule has 0 bridgehead atoms. The van der Waals surface area contributed by atoms with Gasteiger partial charge in [-0.3, -0.25) is 9.52 Å². The van der Waals surface area contributed by atoms with Gasteiger partial charge in [0, 0.05) is 17.9 Å². The molecule has 0 aliphatic heterocycles. The Morgan fingerprint density at radius 3 is 2.02 bits per heavy atom. The van der Waals surface area contributed by atoms with E-state index in [0.717, 1.165) is 31.2 Å². The van der Waals surface area contributed by atoms with Crippen molar-refractivity contribution in [2.24, 2.45) is 11.8 Å². The fourth-order valence-electron chi connectivity index (χ4n) is 4.31. The molecule has 1 unspecified atom stereocenters. The van der Waals surface area contributed by atoms with E-state index in [0.29, 0.717) is 30.3 Å². The topological polar surface area (TPSA) is 116 Å². The van der Waals surface area contributed by atoms with E-state index < -0.39 is 22.1 Å². The standard InChI is InChI=1S/C31H48N4O4S/c1-8-10-11-23(9-2)21-32-29(36)28(20-22(3)4)34-30(37)33-25-14-16-26(17-15-25)35-40(38,39)27-18-12-24(13-19-27)31(5,6)7/h12-19,22-23,28,35H,8-11,20-21H2,1-7H3,(H,32,36)(H2,33,34,37)/t23?,28-/m0/s1. The van der Waals surface area contributed by atoms with E-state index in [9.17, 15) is 18.0 Å². The zero-order chi connectivity index (χ0) is 29.9. The Labute approximate surface area is 241 Å². The van der Waals surface area contributed by atoms with Crippen molar-refractivity contribution >= 4 is 33.3 Å². The molecule has 0 radical (unpaired) electrons. The van der Waals surface area contributed by atoms with Crippen LogP contribution < -0.4 is 20.7 Å². The van der Waals surface area contributed by atoms with E-state index in [-0.39, 0.29) is 22.1 Å². The smallest absolute Gasteiger partial charge is 0.319 e. The van der Waals surface area contributed by atoms with Crippen molar-refractivity contribution < 1.29 is 18.0 Å². The number of unbranched alkanes of at least 4 members (excludes halogenated alkanes) is 1. The summed E-state index contributed by atoms with van der Waals surface area (Å²) in [7, 11) is -3.76. The third-order valence-electron chi connectivity index (χ3n) is 6.86. The molecule has 0 saturated heterocycles. The van der Waals surface area contributed by atoms with Gasteiger partial charge in [0.1, 0.15) is 6.04 Å². The van der Waals surface area contributed by atoms with Gasteiger partial charge in [-0.1, -0.05) is 79.9 Å². The molecular weight excluding hydrogens is 524 g/mol. The molecule has 9 heteroatoms. The van der Waals surface area contributed by atoms with Crippen LogP contribution in [0.25, 0.3) is 0 Å². The van der Waals surface area contributed by atoms with E-state index >= 15 is 0 Å². The highest BCUT2D eigenvalue weighted by Crippen LogP contribution is 2.25. The number of amides is 3. The molecule has 0 heterocycles. The predicted octanol–water partition coefficient (Wildman–Crippen LogP) is 6.65. The first kappa shape index (κ1) is 33.1. The minimum Gasteiger partial charge on any atom is -0.354 e. The number of carbonyl (C=O) groups excluding carboxylic acids is 2. The Hall–Kier alpha value is -3.07.